The van der Waals surface area contributed by atoms with Crippen molar-refractivity contribution >= 4 is 62.2 Å². The number of hydrogen-bond donors (Lipinski definition) is 3. The fourth-order valence-electron chi connectivity index (χ4n) is 3.94. The second-order valence-electron chi connectivity index (χ2n) is 8.98. The zero-order chi connectivity index (χ0) is 28.8. The molecule has 5 rings (SSSR count). The first kappa shape index (κ1) is 27.9. The first-order valence-electron chi connectivity index (χ1n) is 12.5. The smallest absolute Gasteiger partial charge is 0.340 e. The molecule has 3 N–H and O–H groups in total. The van der Waals surface area contributed by atoms with E-state index in [9.17, 15) is 19.5 Å². The summed E-state index contributed by atoms with van der Waals surface area (Å²) in [4.78, 5) is 39.3. The average Bonchev–Trinajstić information content (AvgIpc) is 2.97. The number of phenols is 1. The monoisotopic (exact) mass is 626 g/mol. The molecule has 0 saturated heterocycles. The van der Waals surface area contributed by atoms with E-state index in [1.807, 2.05) is 42.5 Å². The number of rotatable bonds is 8. The summed E-state index contributed by atoms with van der Waals surface area (Å²) in [6.07, 6.45) is 1.61. The Bertz CT molecular complexity index is 1820. The van der Waals surface area contributed by atoms with Gasteiger partial charge in [-0.25, -0.2) is 4.79 Å². The lowest BCUT2D eigenvalue weighted by atomic mass is 10.1. The Balaban J connectivity index is 1.28. The molecular formula is C32H23BrN2O5S. The van der Waals surface area contributed by atoms with E-state index in [1.165, 1.54) is 17.8 Å². The third kappa shape index (κ3) is 7.33. The molecule has 0 radical (unpaired) electrons. The molecule has 0 bridgehead atoms. The van der Waals surface area contributed by atoms with Crippen molar-refractivity contribution < 1.29 is 19.1 Å². The van der Waals surface area contributed by atoms with Crippen LogP contribution in [-0.4, -0.2) is 16.9 Å². The summed E-state index contributed by atoms with van der Waals surface area (Å²) in [5.41, 5.74) is 2.17. The van der Waals surface area contributed by atoms with Gasteiger partial charge in [0.15, 0.2) is 0 Å². The second-order valence-corrected chi connectivity index (χ2v) is 10.9. The van der Waals surface area contributed by atoms with Crippen LogP contribution in [0.4, 0.5) is 5.69 Å². The number of fused-ring (bicyclic) bond motifs is 1. The molecule has 0 aliphatic carbocycles. The fourth-order valence-corrected chi connectivity index (χ4v) is 5.21. The molecule has 5 aromatic rings. The quantitative estimate of drug-likeness (QED) is 0.0975. The van der Waals surface area contributed by atoms with Gasteiger partial charge in [0.05, 0.1) is 0 Å². The van der Waals surface area contributed by atoms with Gasteiger partial charge in [-0.2, -0.15) is 0 Å². The van der Waals surface area contributed by atoms with Crippen LogP contribution in [0.2, 0.25) is 0 Å². The predicted molar refractivity (Wildman–Crippen MR) is 165 cm³/mol. The maximum absolute atomic E-state index is 13.3. The molecule has 2 amide bonds. The highest BCUT2D eigenvalue weighted by molar-refractivity contribution is 9.10. The van der Waals surface area contributed by atoms with Gasteiger partial charge >= 0.3 is 5.63 Å². The number of nitrogens with one attached hydrogen (secondary N) is 2. The molecule has 0 saturated carbocycles. The number of hydrogen-bond acceptors (Lipinski definition) is 6. The number of phenolic OH excluding ortho intramolecular Hbond substituents is 1. The minimum Gasteiger partial charge on any atom is -0.508 e. The molecule has 7 nitrogen and oxygen atoms in total. The Morgan fingerprint density at radius 1 is 0.902 bits per heavy atom. The number of carbonyl (C=O) groups excluding carboxylic acids is 2. The lowest BCUT2D eigenvalue weighted by molar-refractivity contribution is -0.113. The molecule has 0 atom stereocenters. The van der Waals surface area contributed by atoms with Crippen molar-refractivity contribution in [2.24, 2.45) is 0 Å². The van der Waals surface area contributed by atoms with Crippen LogP contribution in [0.3, 0.4) is 0 Å². The minimum absolute atomic E-state index is 0.0317. The molecule has 0 aliphatic heterocycles. The highest BCUT2D eigenvalue weighted by Crippen LogP contribution is 2.26. The van der Waals surface area contributed by atoms with E-state index < -0.39 is 17.4 Å². The number of carbonyl (C=O) groups is 2. The third-order valence-corrected chi connectivity index (χ3v) is 7.54. The van der Waals surface area contributed by atoms with Crippen molar-refractivity contribution in [2.45, 2.75) is 10.6 Å². The summed E-state index contributed by atoms with van der Waals surface area (Å²) in [5, 5.41) is 15.9. The van der Waals surface area contributed by atoms with Crippen LogP contribution in [0.15, 0.2) is 127 Å². The van der Waals surface area contributed by atoms with Crippen molar-refractivity contribution in [1.82, 2.24) is 5.32 Å². The molecule has 204 valence electrons. The summed E-state index contributed by atoms with van der Waals surface area (Å²) in [5.74, 6) is -0.460. The van der Waals surface area contributed by atoms with Crippen LogP contribution >= 0.6 is 27.7 Å². The maximum Gasteiger partial charge on any atom is 0.340 e. The predicted octanol–water partition coefficient (Wildman–Crippen LogP) is 6.96. The van der Waals surface area contributed by atoms with Gasteiger partial charge in [0.1, 0.15) is 17.0 Å². The molecule has 4 aromatic carbocycles. The van der Waals surface area contributed by atoms with Gasteiger partial charge in [-0.15, -0.1) is 11.8 Å². The number of aromatic hydroxyl groups is 1. The van der Waals surface area contributed by atoms with Crippen LogP contribution in [0, 0.1) is 0 Å². The first-order valence-corrected chi connectivity index (χ1v) is 14.3. The molecule has 0 unspecified atom stereocenters. The lowest BCUT2D eigenvalue weighted by Crippen LogP contribution is -2.30. The van der Waals surface area contributed by atoms with Crippen LogP contribution in [-0.2, 0) is 10.5 Å². The summed E-state index contributed by atoms with van der Waals surface area (Å²) in [7, 11) is 0. The topological polar surface area (TPSA) is 109 Å². The highest BCUT2D eigenvalue weighted by atomic mass is 79.9. The Labute approximate surface area is 248 Å². The molecule has 0 fully saturated rings. The summed E-state index contributed by atoms with van der Waals surface area (Å²) in [6, 6.07) is 29.6. The van der Waals surface area contributed by atoms with Crippen molar-refractivity contribution in [3.05, 3.63) is 140 Å². The number of thioether (sulfide) groups is 1. The lowest BCUT2D eigenvalue weighted by Gasteiger charge is -2.12. The van der Waals surface area contributed by atoms with Gasteiger partial charge in [-0.05, 0) is 78.4 Å². The maximum atomic E-state index is 13.3. The zero-order valence-electron chi connectivity index (χ0n) is 21.5. The van der Waals surface area contributed by atoms with Gasteiger partial charge < -0.3 is 20.2 Å². The van der Waals surface area contributed by atoms with Crippen molar-refractivity contribution in [3.63, 3.8) is 0 Å². The summed E-state index contributed by atoms with van der Waals surface area (Å²) < 4.78 is 6.18. The van der Waals surface area contributed by atoms with E-state index in [2.05, 4.69) is 26.6 Å². The van der Waals surface area contributed by atoms with E-state index >= 15 is 0 Å². The molecule has 9 heteroatoms. The van der Waals surface area contributed by atoms with Gasteiger partial charge in [-0.1, -0.05) is 46.3 Å². The van der Waals surface area contributed by atoms with Crippen LogP contribution in [0.5, 0.6) is 5.75 Å². The molecule has 41 heavy (non-hydrogen) atoms. The number of halogens is 1. The standard InChI is InChI=1S/C32H23BrN2O5S/c33-24-8-4-5-20(15-24)16-28(35-30(37)21-6-2-1-3-7-21)31(38)34-25-10-13-27(14-11-25)41-19-23-17-22-9-12-26(36)18-29(22)40-32(23)39/h1-18,36H,19H2,(H,34,38)(H,35,37)/b28-16-. The Morgan fingerprint density at radius 3 is 2.44 bits per heavy atom. The Hall–Kier alpha value is -4.60. The number of benzene rings is 4. The average molecular weight is 628 g/mol. The summed E-state index contributed by atoms with van der Waals surface area (Å²) in [6.45, 7) is 0. The normalized spacial score (nSPS) is 11.3. The van der Waals surface area contributed by atoms with Crippen molar-refractivity contribution in [2.75, 3.05) is 5.32 Å². The van der Waals surface area contributed by atoms with Crippen molar-refractivity contribution in [1.29, 1.82) is 0 Å². The van der Waals surface area contributed by atoms with E-state index in [-0.39, 0.29) is 11.4 Å². The van der Waals surface area contributed by atoms with Crippen LogP contribution in [0.25, 0.3) is 17.0 Å². The third-order valence-electron chi connectivity index (χ3n) is 5.99. The second kappa shape index (κ2) is 12.7. The molecule has 1 aromatic heterocycles. The number of amides is 2. The number of anilines is 1. The van der Waals surface area contributed by atoms with Crippen LogP contribution in [0.1, 0.15) is 21.5 Å². The van der Waals surface area contributed by atoms with Gasteiger partial charge in [0, 0.05) is 43.4 Å². The van der Waals surface area contributed by atoms with E-state index in [0.29, 0.717) is 28.2 Å². The minimum atomic E-state index is -0.477. The van der Waals surface area contributed by atoms with Crippen molar-refractivity contribution in [3.8, 4) is 5.75 Å². The van der Waals surface area contributed by atoms with E-state index in [1.54, 1.807) is 60.7 Å². The largest absolute Gasteiger partial charge is 0.508 e. The Kier molecular flexibility index (Phi) is 8.67. The molecule has 0 aliphatic rings. The highest BCUT2D eigenvalue weighted by Gasteiger charge is 2.15. The zero-order valence-corrected chi connectivity index (χ0v) is 23.9. The molecular weight excluding hydrogens is 604 g/mol. The van der Waals surface area contributed by atoms with Gasteiger partial charge in [0.25, 0.3) is 11.8 Å². The summed E-state index contributed by atoms with van der Waals surface area (Å²) >= 11 is 4.88. The first-order chi connectivity index (χ1) is 19.8. The SMILES string of the molecule is O=C(Nc1ccc(SCc2cc3ccc(O)cc3oc2=O)cc1)/C(=C/c1cccc(Br)c1)NC(=O)c1ccccc1. The fraction of sp³-hybridized carbons (Fsp3) is 0.0312. The van der Waals surface area contributed by atoms with Gasteiger partial charge in [0.2, 0.25) is 0 Å². The van der Waals surface area contributed by atoms with E-state index in [0.717, 1.165) is 20.3 Å². The Morgan fingerprint density at radius 2 is 1.68 bits per heavy atom. The molecule has 1 heterocycles. The van der Waals surface area contributed by atoms with E-state index in [4.69, 9.17) is 4.42 Å². The molecule has 0 spiro atoms. The van der Waals surface area contributed by atoms with Gasteiger partial charge in [-0.3, -0.25) is 9.59 Å². The van der Waals surface area contributed by atoms with Crippen LogP contribution < -0.4 is 16.3 Å².